The first kappa shape index (κ1) is 23.6. The van der Waals surface area contributed by atoms with E-state index in [-0.39, 0.29) is 12.8 Å². The predicted octanol–water partition coefficient (Wildman–Crippen LogP) is 4.81. The zero-order chi connectivity index (χ0) is 23.1. The van der Waals surface area contributed by atoms with E-state index in [1.165, 1.54) is 0 Å². The fourth-order valence-electron chi connectivity index (χ4n) is 3.57. The molecule has 0 bridgehead atoms. The maximum Gasteiger partial charge on any atom is 0.188 e. The summed E-state index contributed by atoms with van der Waals surface area (Å²) >= 11 is 0. The average molecular weight is 438 g/mol. The summed E-state index contributed by atoms with van der Waals surface area (Å²) in [5.41, 5.74) is 5.21. The number of hydrogen-bond donors (Lipinski definition) is 2. The van der Waals surface area contributed by atoms with Gasteiger partial charge in [-0.1, -0.05) is 43.9 Å². The smallest absolute Gasteiger partial charge is 0.188 e. The van der Waals surface area contributed by atoms with Crippen molar-refractivity contribution < 1.29 is 9.47 Å². The Kier molecular flexibility index (Phi) is 8.11. The van der Waals surface area contributed by atoms with Gasteiger partial charge in [-0.05, 0) is 56.7 Å². The van der Waals surface area contributed by atoms with Crippen LogP contribution in [0.2, 0.25) is 0 Å². The molecule has 7 heteroatoms. The van der Waals surface area contributed by atoms with Crippen LogP contribution < -0.4 is 15.4 Å². The van der Waals surface area contributed by atoms with E-state index < -0.39 is 0 Å². The van der Waals surface area contributed by atoms with Crippen LogP contribution in [0.3, 0.4) is 0 Å². The number of rotatable bonds is 11. The molecule has 32 heavy (non-hydrogen) atoms. The van der Waals surface area contributed by atoms with Crippen molar-refractivity contribution in [2.45, 2.75) is 53.0 Å². The summed E-state index contributed by atoms with van der Waals surface area (Å²) in [4.78, 5) is 0. The number of allylic oxidation sites excluding steroid dienone is 2. The molecule has 0 amide bonds. The van der Waals surface area contributed by atoms with Gasteiger partial charge < -0.3 is 20.1 Å². The molecule has 1 unspecified atom stereocenters. The number of nitrogens with zero attached hydrogens (tertiary/aromatic N) is 3. The van der Waals surface area contributed by atoms with E-state index in [0.29, 0.717) is 5.92 Å². The van der Waals surface area contributed by atoms with Gasteiger partial charge in [0.1, 0.15) is 5.75 Å². The topological polar surface area (TPSA) is 73.2 Å². The van der Waals surface area contributed by atoms with Crippen molar-refractivity contribution >= 4 is 11.4 Å². The molecule has 1 aromatic heterocycles. The summed E-state index contributed by atoms with van der Waals surface area (Å²) in [5, 5.41) is 15.4. The molecule has 1 atom stereocenters. The van der Waals surface area contributed by atoms with Gasteiger partial charge in [0, 0.05) is 24.4 Å². The summed E-state index contributed by atoms with van der Waals surface area (Å²) in [6, 6.07) is 4.13. The van der Waals surface area contributed by atoms with Crippen molar-refractivity contribution in [1.29, 1.82) is 0 Å². The van der Waals surface area contributed by atoms with Crippen molar-refractivity contribution in [2.24, 2.45) is 5.92 Å². The Morgan fingerprint density at radius 3 is 2.81 bits per heavy atom. The van der Waals surface area contributed by atoms with E-state index >= 15 is 0 Å². The maximum absolute atomic E-state index is 5.65. The highest BCUT2D eigenvalue weighted by Gasteiger charge is 2.14. The third-order valence-electron chi connectivity index (χ3n) is 5.45. The summed E-state index contributed by atoms with van der Waals surface area (Å²) < 4.78 is 12.5. The zero-order valence-electron chi connectivity index (χ0n) is 19.8. The molecule has 3 rings (SSSR count). The lowest BCUT2D eigenvalue weighted by Crippen LogP contribution is -2.30. The van der Waals surface area contributed by atoms with Gasteiger partial charge in [0.2, 0.25) is 0 Å². The van der Waals surface area contributed by atoms with Gasteiger partial charge in [0.25, 0.3) is 0 Å². The Labute approximate surface area is 191 Å². The molecule has 1 aromatic carbocycles. The second-order valence-corrected chi connectivity index (χ2v) is 8.60. The lowest BCUT2D eigenvalue weighted by molar-refractivity contribution is 0.0507. The summed E-state index contributed by atoms with van der Waals surface area (Å²) in [5.74, 6) is 2.19. The Morgan fingerprint density at radius 1 is 1.31 bits per heavy atom. The molecule has 7 nitrogen and oxygen atoms in total. The van der Waals surface area contributed by atoms with Crippen LogP contribution in [-0.4, -0.2) is 34.9 Å². The third-order valence-corrected chi connectivity index (χ3v) is 5.45. The number of aromatic nitrogens is 3. The molecule has 1 aliphatic carbocycles. The second kappa shape index (κ2) is 11.0. The quantitative estimate of drug-likeness (QED) is 0.492. The summed E-state index contributed by atoms with van der Waals surface area (Å²) in [7, 11) is 1.61. The lowest BCUT2D eigenvalue weighted by Gasteiger charge is -2.23. The molecule has 0 aliphatic heterocycles. The van der Waals surface area contributed by atoms with Gasteiger partial charge in [0.15, 0.2) is 6.79 Å². The van der Waals surface area contributed by atoms with E-state index in [1.807, 2.05) is 29.9 Å². The molecule has 1 heterocycles. The fraction of sp³-hybridized carbons (Fsp3) is 0.440. The molecule has 0 saturated carbocycles. The van der Waals surface area contributed by atoms with Crippen molar-refractivity contribution in [3.05, 3.63) is 65.8 Å². The number of anilines is 1. The largest absolute Gasteiger partial charge is 0.467 e. The second-order valence-electron chi connectivity index (χ2n) is 8.60. The minimum atomic E-state index is 0.149. The normalized spacial score (nSPS) is 15.6. The Morgan fingerprint density at radius 2 is 2.12 bits per heavy atom. The number of ether oxygens (including phenoxy) is 2. The highest BCUT2D eigenvalue weighted by atomic mass is 16.7. The lowest BCUT2D eigenvalue weighted by atomic mass is 10.1. The number of nitrogens with one attached hydrogen (secondary N) is 2. The number of hydrogen-bond acceptors (Lipinski definition) is 6. The van der Waals surface area contributed by atoms with Crippen molar-refractivity contribution in [1.82, 2.24) is 20.3 Å². The number of benzene rings is 1. The van der Waals surface area contributed by atoms with Gasteiger partial charge in [-0.25, -0.2) is 4.68 Å². The molecule has 0 saturated heterocycles. The molecule has 0 radical (unpaired) electrons. The Hall–Kier alpha value is -3.06. The molecular weight excluding hydrogens is 402 g/mol. The molecule has 0 spiro atoms. The van der Waals surface area contributed by atoms with Crippen LogP contribution in [0.4, 0.5) is 5.69 Å². The molecule has 172 valence electrons. The van der Waals surface area contributed by atoms with Crippen LogP contribution in [0.15, 0.2) is 49.0 Å². The Bertz CT molecular complexity index is 990. The van der Waals surface area contributed by atoms with E-state index in [0.717, 1.165) is 59.0 Å². The summed E-state index contributed by atoms with van der Waals surface area (Å²) in [6.45, 7) is 12.9. The van der Waals surface area contributed by atoms with Gasteiger partial charge in [-0.2, -0.15) is 0 Å². The van der Waals surface area contributed by atoms with Gasteiger partial charge in [-0.3, -0.25) is 0 Å². The number of methoxy groups -OCH3 is 1. The van der Waals surface area contributed by atoms with Crippen LogP contribution in [0.5, 0.6) is 5.75 Å². The first-order chi connectivity index (χ1) is 15.4. The van der Waals surface area contributed by atoms with Crippen molar-refractivity contribution in [3.63, 3.8) is 0 Å². The van der Waals surface area contributed by atoms with Crippen molar-refractivity contribution in [3.8, 4) is 5.75 Å². The average Bonchev–Trinajstić information content (AvgIpc) is 3.24. The van der Waals surface area contributed by atoms with Crippen LogP contribution in [-0.2, 0) is 11.2 Å². The van der Waals surface area contributed by atoms with Gasteiger partial charge in [-0.15, -0.1) is 5.10 Å². The Balaban J connectivity index is 1.56. The molecule has 0 fully saturated rings. The predicted molar refractivity (Wildman–Crippen MR) is 129 cm³/mol. The fourth-order valence-corrected chi connectivity index (χ4v) is 3.57. The van der Waals surface area contributed by atoms with E-state index in [4.69, 9.17) is 9.47 Å². The standard InChI is InChI=1S/C25H35N5O2/c1-17(2)7-9-22-15-30(29-28-22)23-12-10-21(11-13-23)26-20(5)27-25-18(3)8-14-24(19(25)4)32-16-31-6/h8,10,12-15,17,21,26-27H,5,7,9,11,16H2,1-4,6H3. The van der Waals surface area contributed by atoms with E-state index in [2.05, 4.69) is 66.5 Å². The third kappa shape index (κ3) is 6.23. The SMILES string of the molecule is C=C(Nc1c(C)ccc(OCOC)c1C)NC1C=CC(n2cc(CCC(C)C)nn2)=CC1. The van der Waals surface area contributed by atoms with E-state index in [9.17, 15) is 0 Å². The zero-order valence-corrected chi connectivity index (χ0v) is 19.8. The van der Waals surface area contributed by atoms with Crippen LogP contribution in [0.1, 0.15) is 43.5 Å². The molecular formula is C25H35N5O2. The van der Waals surface area contributed by atoms with Gasteiger partial charge in [0.05, 0.1) is 23.4 Å². The first-order valence-electron chi connectivity index (χ1n) is 11.1. The molecule has 1 aliphatic rings. The minimum Gasteiger partial charge on any atom is -0.467 e. The maximum atomic E-state index is 5.65. The van der Waals surface area contributed by atoms with Crippen LogP contribution in [0, 0.1) is 19.8 Å². The first-order valence-corrected chi connectivity index (χ1v) is 11.1. The van der Waals surface area contributed by atoms with Crippen LogP contribution in [0.25, 0.3) is 5.70 Å². The van der Waals surface area contributed by atoms with Crippen molar-refractivity contribution in [2.75, 3.05) is 19.2 Å². The monoisotopic (exact) mass is 437 g/mol. The van der Waals surface area contributed by atoms with Crippen LogP contribution >= 0.6 is 0 Å². The number of aryl methyl sites for hydroxylation is 2. The molecule has 2 N–H and O–H groups in total. The highest BCUT2D eigenvalue weighted by Crippen LogP contribution is 2.30. The molecule has 2 aromatic rings. The highest BCUT2D eigenvalue weighted by molar-refractivity contribution is 5.64. The minimum absolute atomic E-state index is 0.149. The van der Waals surface area contributed by atoms with Gasteiger partial charge >= 0.3 is 0 Å². The summed E-state index contributed by atoms with van der Waals surface area (Å²) in [6.07, 6.45) is 11.3. The van der Waals surface area contributed by atoms with E-state index in [1.54, 1.807) is 7.11 Å².